The molecular weight excluding hydrogens is 359 g/mol. The third-order valence-corrected chi connectivity index (χ3v) is 5.26. The van der Waals surface area contributed by atoms with Gasteiger partial charge in [-0.25, -0.2) is 4.39 Å². The highest BCUT2D eigenvalue weighted by Gasteiger charge is 2.30. The van der Waals surface area contributed by atoms with Crippen LogP contribution in [0.4, 0.5) is 4.39 Å². The SMILES string of the molecule is CCC(=O)NCC1c2cc(OC)c(OC)cc2CCN1Cc1ccccc1F. The number of fused-ring (bicyclic) bond motifs is 1. The minimum atomic E-state index is -0.211. The Morgan fingerprint density at radius 3 is 2.61 bits per heavy atom. The monoisotopic (exact) mass is 386 g/mol. The third-order valence-electron chi connectivity index (χ3n) is 5.26. The van der Waals surface area contributed by atoms with Crippen molar-refractivity contribution < 1.29 is 18.7 Å². The summed E-state index contributed by atoms with van der Waals surface area (Å²) < 4.78 is 25.1. The average molecular weight is 386 g/mol. The summed E-state index contributed by atoms with van der Waals surface area (Å²) in [6.07, 6.45) is 1.25. The molecule has 1 aliphatic rings. The molecule has 2 aromatic carbocycles. The highest BCUT2D eigenvalue weighted by Crippen LogP contribution is 2.38. The number of carbonyl (C=O) groups is 1. The molecule has 0 radical (unpaired) electrons. The second-order valence-corrected chi connectivity index (χ2v) is 6.89. The molecule has 0 bridgehead atoms. The van der Waals surface area contributed by atoms with Gasteiger partial charge in [0.15, 0.2) is 11.5 Å². The maximum Gasteiger partial charge on any atom is 0.219 e. The highest BCUT2D eigenvalue weighted by atomic mass is 19.1. The molecule has 1 unspecified atom stereocenters. The third kappa shape index (κ3) is 4.28. The van der Waals surface area contributed by atoms with E-state index in [2.05, 4.69) is 10.2 Å². The standard InChI is InChI=1S/C22H27FN2O3/c1-4-22(26)24-13-19-17-12-21(28-3)20(27-2)11-15(17)9-10-25(19)14-16-7-5-6-8-18(16)23/h5-8,11-12,19H,4,9-10,13-14H2,1-3H3,(H,24,26). The van der Waals surface area contributed by atoms with Crippen molar-refractivity contribution in [2.75, 3.05) is 27.3 Å². The number of carbonyl (C=O) groups excluding carboxylic acids is 1. The van der Waals surface area contributed by atoms with Crippen LogP contribution < -0.4 is 14.8 Å². The molecule has 0 fully saturated rings. The maximum atomic E-state index is 14.2. The van der Waals surface area contributed by atoms with Crippen LogP contribution >= 0.6 is 0 Å². The molecule has 1 aliphatic heterocycles. The number of hydrogen-bond donors (Lipinski definition) is 1. The Morgan fingerprint density at radius 2 is 1.93 bits per heavy atom. The van der Waals surface area contributed by atoms with Gasteiger partial charge in [0, 0.05) is 31.6 Å². The zero-order valence-corrected chi connectivity index (χ0v) is 16.6. The van der Waals surface area contributed by atoms with Crippen LogP contribution in [0.5, 0.6) is 11.5 Å². The van der Waals surface area contributed by atoms with Gasteiger partial charge in [-0.2, -0.15) is 0 Å². The van der Waals surface area contributed by atoms with Crippen molar-refractivity contribution in [2.24, 2.45) is 0 Å². The van der Waals surface area contributed by atoms with E-state index in [-0.39, 0.29) is 17.8 Å². The van der Waals surface area contributed by atoms with Gasteiger partial charge in [0.2, 0.25) is 5.91 Å². The molecule has 0 saturated heterocycles. The quantitative estimate of drug-likeness (QED) is 0.792. The molecule has 1 N–H and O–H groups in total. The van der Waals surface area contributed by atoms with E-state index in [4.69, 9.17) is 9.47 Å². The van der Waals surface area contributed by atoms with Crippen molar-refractivity contribution in [3.63, 3.8) is 0 Å². The van der Waals surface area contributed by atoms with Crippen molar-refractivity contribution >= 4 is 5.91 Å². The second kappa shape index (κ2) is 9.06. The lowest BCUT2D eigenvalue weighted by Crippen LogP contribution is -2.41. The van der Waals surface area contributed by atoms with Crippen LogP contribution in [-0.4, -0.2) is 38.1 Å². The predicted octanol–water partition coefficient (Wildman–Crippen LogP) is 3.47. The fourth-order valence-electron chi connectivity index (χ4n) is 3.69. The Balaban J connectivity index is 1.94. The molecule has 0 saturated carbocycles. The first kappa shape index (κ1) is 20.1. The molecule has 28 heavy (non-hydrogen) atoms. The second-order valence-electron chi connectivity index (χ2n) is 6.89. The van der Waals surface area contributed by atoms with Gasteiger partial charge < -0.3 is 14.8 Å². The van der Waals surface area contributed by atoms with Crippen LogP contribution in [0.15, 0.2) is 36.4 Å². The van der Waals surface area contributed by atoms with Gasteiger partial charge in [-0.1, -0.05) is 25.1 Å². The van der Waals surface area contributed by atoms with Crippen molar-refractivity contribution in [1.82, 2.24) is 10.2 Å². The van der Waals surface area contributed by atoms with Crippen LogP contribution in [0.1, 0.15) is 36.1 Å². The zero-order chi connectivity index (χ0) is 20.1. The Hall–Kier alpha value is -2.60. The number of ether oxygens (including phenoxy) is 2. The molecular formula is C22H27FN2O3. The molecule has 1 heterocycles. The van der Waals surface area contributed by atoms with Gasteiger partial charge >= 0.3 is 0 Å². The summed E-state index contributed by atoms with van der Waals surface area (Å²) in [5.74, 6) is 1.14. The topological polar surface area (TPSA) is 50.8 Å². The zero-order valence-electron chi connectivity index (χ0n) is 16.6. The largest absolute Gasteiger partial charge is 0.493 e. The number of hydrogen-bond acceptors (Lipinski definition) is 4. The summed E-state index contributed by atoms with van der Waals surface area (Å²) in [5, 5.41) is 2.99. The van der Waals surface area contributed by atoms with Crippen LogP contribution in [0.3, 0.4) is 0 Å². The summed E-state index contributed by atoms with van der Waals surface area (Å²) in [4.78, 5) is 14.1. The molecule has 1 amide bonds. The number of rotatable bonds is 7. The van der Waals surface area contributed by atoms with E-state index >= 15 is 0 Å². The summed E-state index contributed by atoms with van der Waals surface area (Å²) in [5.41, 5.74) is 2.90. The first-order valence-electron chi connectivity index (χ1n) is 9.56. The molecule has 0 spiro atoms. The summed E-state index contributed by atoms with van der Waals surface area (Å²) >= 11 is 0. The maximum absolute atomic E-state index is 14.2. The molecule has 2 aromatic rings. The molecule has 6 heteroatoms. The first-order valence-corrected chi connectivity index (χ1v) is 9.56. The number of halogens is 1. The van der Waals surface area contributed by atoms with E-state index in [1.54, 1.807) is 26.4 Å². The van der Waals surface area contributed by atoms with E-state index in [0.29, 0.717) is 36.6 Å². The smallest absolute Gasteiger partial charge is 0.219 e. The summed E-state index contributed by atoms with van der Waals surface area (Å²) in [7, 11) is 3.23. The van der Waals surface area contributed by atoms with Gasteiger partial charge in [0.25, 0.3) is 0 Å². The molecule has 1 atom stereocenters. The lowest BCUT2D eigenvalue weighted by atomic mass is 9.91. The predicted molar refractivity (Wildman–Crippen MR) is 106 cm³/mol. The van der Waals surface area contributed by atoms with Crippen LogP contribution in [0, 0.1) is 5.82 Å². The van der Waals surface area contributed by atoms with Gasteiger partial charge in [-0.3, -0.25) is 9.69 Å². The van der Waals surface area contributed by atoms with E-state index in [1.165, 1.54) is 6.07 Å². The normalized spacial score (nSPS) is 16.4. The fourth-order valence-corrected chi connectivity index (χ4v) is 3.69. The van der Waals surface area contributed by atoms with Gasteiger partial charge in [-0.05, 0) is 35.7 Å². The minimum absolute atomic E-state index is 0.00144. The highest BCUT2D eigenvalue weighted by molar-refractivity contribution is 5.75. The molecule has 3 rings (SSSR count). The van der Waals surface area contributed by atoms with Gasteiger partial charge in [0.1, 0.15) is 5.82 Å². The van der Waals surface area contributed by atoms with Crippen LogP contribution in [-0.2, 0) is 17.8 Å². The lowest BCUT2D eigenvalue weighted by Gasteiger charge is -2.38. The van der Waals surface area contributed by atoms with Crippen LogP contribution in [0.25, 0.3) is 0 Å². The Bertz CT molecular complexity index is 841. The Morgan fingerprint density at radius 1 is 1.21 bits per heavy atom. The first-order chi connectivity index (χ1) is 13.6. The van der Waals surface area contributed by atoms with E-state index in [0.717, 1.165) is 24.1 Å². The number of nitrogens with zero attached hydrogens (tertiary/aromatic N) is 1. The van der Waals surface area contributed by atoms with Gasteiger partial charge in [0.05, 0.1) is 20.3 Å². The summed E-state index contributed by atoms with van der Waals surface area (Å²) in [6.45, 7) is 3.54. The average Bonchev–Trinajstić information content (AvgIpc) is 2.73. The number of nitrogens with one attached hydrogen (secondary N) is 1. The van der Waals surface area contributed by atoms with E-state index < -0.39 is 0 Å². The van der Waals surface area contributed by atoms with Crippen molar-refractivity contribution in [1.29, 1.82) is 0 Å². The summed E-state index contributed by atoms with van der Waals surface area (Å²) in [6, 6.07) is 10.7. The van der Waals surface area contributed by atoms with Gasteiger partial charge in [-0.15, -0.1) is 0 Å². The van der Waals surface area contributed by atoms with Crippen molar-refractivity contribution in [2.45, 2.75) is 32.4 Å². The number of benzene rings is 2. The Labute approximate surface area is 165 Å². The Kier molecular flexibility index (Phi) is 6.52. The number of methoxy groups -OCH3 is 2. The molecule has 0 aliphatic carbocycles. The molecule has 0 aromatic heterocycles. The minimum Gasteiger partial charge on any atom is -0.493 e. The van der Waals surface area contributed by atoms with Crippen LogP contribution in [0.2, 0.25) is 0 Å². The molecule has 150 valence electrons. The lowest BCUT2D eigenvalue weighted by molar-refractivity contribution is -0.121. The van der Waals surface area contributed by atoms with E-state index in [1.807, 2.05) is 25.1 Å². The fraction of sp³-hybridized carbons (Fsp3) is 0.409. The van der Waals surface area contributed by atoms with Crippen molar-refractivity contribution in [3.8, 4) is 11.5 Å². The number of amides is 1. The molecule has 5 nitrogen and oxygen atoms in total. The van der Waals surface area contributed by atoms with E-state index in [9.17, 15) is 9.18 Å². The van der Waals surface area contributed by atoms with Crippen molar-refractivity contribution in [3.05, 3.63) is 58.9 Å².